The number of carbonyl (C=O) groups is 6. The minimum absolute atomic E-state index is 0.0577. The van der Waals surface area contributed by atoms with Gasteiger partial charge in [0.15, 0.2) is 0 Å². The smallest absolute Gasteiger partial charge is 0.408 e. The topological polar surface area (TPSA) is 163 Å². The number of alkyl halides is 2. The van der Waals surface area contributed by atoms with Crippen molar-refractivity contribution >= 4 is 58.7 Å². The van der Waals surface area contributed by atoms with Crippen molar-refractivity contribution in [2.24, 2.45) is 17.3 Å². The predicted molar refractivity (Wildman–Crippen MR) is 173 cm³/mol. The molecule has 0 aromatic heterocycles. The Morgan fingerprint density at radius 1 is 0.978 bits per heavy atom. The minimum atomic E-state index is -1.26. The first-order chi connectivity index (χ1) is 21.3. The van der Waals surface area contributed by atoms with Crippen LogP contribution in [-0.4, -0.2) is 81.6 Å². The van der Waals surface area contributed by atoms with E-state index < -0.39 is 87.4 Å². The monoisotopic (exact) mass is 681 g/mol. The number of carbonyl (C=O) groups excluding carboxylic acids is 6. The zero-order valence-electron chi connectivity index (χ0n) is 27.4. The Balaban J connectivity index is 1.70. The quantitative estimate of drug-likeness (QED) is 0.195. The lowest BCUT2D eigenvalue weighted by Crippen LogP contribution is -2.61. The lowest BCUT2D eigenvalue weighted by atomic mass is 9.85. The fourth-order valence-electron chi connectivity index (χ4n) is 5.45. The van der Waals surface area contributed by atoms with Crippen LogP contribution in [0.4, 0.5) is 4.79 Å². The second kappa shape index (κ2) is 14.6. The highest BCUT2D eigenvalue weighted by Crippen LogP contribution is 2.65. The van der Waals surface area contributed by atoms with Gasteiger partial charge in [0.05, 0.1) is 12.6 Å². The molecule has 1 aliphatic heterocycles. The molecule has 0 spiro atoms. The Morgan fingerprint density at radius 2 is 1.61 bits per heavy atom. The molecule has 4 N–H and O–H groups in total. The van der Waals surface area contributed by atoms with Crippen molar-refractivity contribution in [1.82, 2.24) is 26.2 Å². The highest BCUT2D eigenvalue weighted by atomic mass is 35.5. The van der Waals surface area contributed by atoms with Crippen molar-refractivity contribution in [3.8, 4) is 0 Å². The third-order valence-electron chi connectivity index (χ3n) is 7.83. The number of hydrogen-bond acceptors (Lipinski definition) is 7. The largest absolute Gasteiger partial charge is 0.444 e. The van der Waals surface area contributed by atoms with Crippen LogP contribution in [0.1, 0.15) is 66.9 Å². The highest BCUT2D eigenvalue weighted by Gasteiger charge is 2.74. The maximum absolute atomic E-state index is 14.0. The van der Waals surface area contributed by atoms with Crippen LogP contribution < -0.4 is 21.3 Å². The van der Waals surface area contributed by atoms with Crippen LogP contribution in [0.15, 0.2) is 30.3 Å². The Labute approximate surface area is 280 Å². The van der Waals surface area contributed by atoms with Gasteiger partial charge in [-0.05, 0) is 38.2 Å². The number of piperidine rings is 1. The molecule has 0 radical (unpaired) electrons. The van der Waals surface area contributed by atoms with E-state index in [1.165, 1.54) is 4.90 Å². The summed E-state index contributed by atoms with van der Waals surface area (Å²) in [5.41, 5.74) is -0.704. The first-order valence-corrected chi connectivity index (χ1v) is 16.1. The van der Waals surface area contributed by atoms with E-state index in [0.717, 1.165) is 5.56 Å². The summed E-state index contributed by atoms with van der Waals surface area (Å²) in [4.78, 5) is 79.8. The number of hydrogen-bond donors (Lipinski definition) is 4. The molecule has 5 atom stereocenters. The van der Waals surface area contributed by atoms with Gasteiger partial charge in [0.25, 0.3) is 5.91 Å². The molecule has 1 aromatic carbocycles. The standard InChI is InChI=1S/C32H45Cl2N5O7/c1-8-12-20(24(41)27(43)36-16-21(40)35-15-18-13-10-9-11-14-18)37-26(42)23-22-19(32(22,33)34)17-39(23)28(44)25(30(2,3)4)38-29(45)46-31(5,6)7/h9-11,13-14,19-20,22-23,25H,8,12,15-17H2,1-7H3,(H,35,40)(H,36,43)(H,37,42)(H,38,45)/t19?,20?,22-,23-,25+/m0/s1. The van der Waals surface area contributed by atoms with Gasteiger partial charge in [-0.15, -0.1) is 23.2 Å². The third kappa shape index (κ3) is 9.34. The maximum atomic E-state index is 14.0. The average molecular weight is 683 g/mol. The summed E-state index contributed by atoms with van der Waals surface area (Å²) in [6, 6.07) is 5.74. The molecule has 5 amide bonds. The maximum Gasteiger partial charge on any atom is 0.408 e. The molecule has 2 fully saturated rings. The number of ketones is 1. The van der Waals surface area contributed by atoms with E-state index in [9.17, 15) is 28.8 Å². The lowest BCUT2D eigenvalue weighted by Gasteiger charge is -2.37. The van der Waals surface area contributed by atoms with Crippen molar-refractivity contribution in [2.45, 2.75) is 95.9 Å². The average Bonchev–Trinajstić information content (AvgIpc) is 3.27. The van der Waals surface area contributed by atoms with Crippen LogP contribution >= 0.6 is 23.2 Å². The molecule has 1 saturated heterocycles. The number of halogens is 2. The van der Waals surface area contributed by atoms with Crippen LogP contribution in [0, 0.1) is 17.3 Å². The van der Waals surface area contributed by atoms with Gasteiger partial charge in [-0.1, -0.05) is 64.4 Å². The normalized spacial score (nSPS) is 21.2. The number of fused-ring (bicyclic) bond motifs is 1. The zero-order valence-corrected chi connectivity index (χ0v) is 28.9. The molecule has 1 saturated carbocycles. The summed E-state index contributed by atoms with van der Waals surface area (Å²) >= 11 is 13.0. The molecular formula is C32H45Cl2N5O7. The predicted octanol–water partition coefficient (Wildman–Crippen LogP) is 2.84. The van der Waals surface area contributed by atoms with E-state index in [1.807, 2.05) is 30.3 Å². The number of likely N-dealkylation sites (tertiary alicyclic amines) is 1. The van der Waals surface area contributed by atoms with Gasteiger partial charge in [0.2, 0.25) is 23.5 Å². The summed E-state index contributed by atoms with van der Waals surface area (Å²) in [5, 5.41) is 10.2. The van der Waals surface area contributed by atoms with Crippen LogP contribution in [0.3, 0.4) is 0 Å². The number of nitrogens with zero attached hydrogens (tertiary/aromatic N) is 1. The summed E-state index contributed by atoms with van der Waals surface area (Å²) in [6.45, 7) is 12.1. The Kier molecular flexibility index (Phi) is 11.8. The fourth-order valence-corrected chi connectivity index (χ4v) is 6.28. The number of rotatable bonds is 12. The SMILES string of the molecule is CCCC(NC(=O)[C@@H]1[C@@H]2C(CN1C(=O)[C@@H](NC(=O)OC(C)(C)C)C(C)(C)C)C2(Cl)Cl)C(=O)C(=O)NCC(=O)NCc1ccccc1. The van der Waals surface area contributed by atoms with Gasteiger partial charge >= 0.3 is 6.09 Å². The van der Waals surface area contributed by atoms with Gasteiger partial charge in [-0.2, -0.15) is 0 Å². The van der Waals surface area contributed by atoms with E-state index in [2.05, 4.69) is 21.3 Å². The van der Waals surface area contributed by atoms with E-state index in [1.54, 1.807) is 48.5 Å². The molecule has 3 rings (SSSR count). The first kappa shape index (κ1) is 37.1. The van der Waals surface area contributed by atoms with E-state index in [4.69, 9.17) is 27.9 Å². The van der Waals surface area contributed by atoms with Gasteiger partial charge in [0, 0.05) is 24.9 Å². The van der Waals surface area contributed by atoms with Gasteiger partial charge in [-0.25, -0.2) is 4.79 Å². The van der Waals surface area contributed by atoms with Crippen molar-refractivity contribution in [1.29, 1.82) is 0 Å². The molecule has 1 heterocycles. The molecule has 1 aromatic rings. The first-order valence-electron chi connectivity index (χ1n) is 15.4. The van der Waals surface area contributed by atoms with E-state index in [-0.39, 0.29) is 19.5 Å². The number of amides is 5. The fraction of sp³-hybridized carbons (Fsp3) is 0.625. The lowest BCUT2D eigenvalue weighted by molar-refractivity contribution is -0.145. The molecule has 254 valence electrons. The molecule has 12 nitrogen and oxygen atoms in total. The number of ether oxygens (including phenoxy) is 1. The van der Waals surface area contributed by atoms with Gasteiger partial charge in [0.1, 0.15) is 22.0 Å². The van der Waals surface area contributed by atoms with Gasteiger partial charge in [-0.3, -0.25) is 24.0 Å². The highest BCUT2D eigenvalue weighted by molar-refractivity contribution is 6.51. The van der Waals surface area contributed by atoms with E-state index in [0.29, 0.717) is 6.42 Å². The molecule has 0 bridgehead atoms. The Hall–Kier alpha value is -3.38. The number of alkyl carbamates (subject to hydrolysis) is 1. The van der Waals surface area contributed by atoms with Crippen LogP contribution in [0.2, 0.25) is 0 Å². The van der Waals surface area contributed by atoms with Crippen molar-refractivity contribution < 1.29 is 33.5 Å². The second-order valence-corrected chi connectivity index (χ2v) is 15.3. The summed E-state index contributed by atoms with van der Waals surface area (Å²) in [6.07, 6.45) is -0.213. The minimum Gasteiger partial charge on any atom is -0.444 e. The number of Topliss-reactive ketones (excluding diaryl/α,β-unsaturated/α-hetero) is 1. The Morgan fingerprint density at radius 3 is 2.17 bits per heavy atom. The number of nitrogens with one attached hydrogen (secondary N) is 4. The van der Waals surface area contributed by atoms with Crippen molar-refractivity contribution in [3.63, 3.8) is 0 Å². The van der Waals surface area contributed by atoms with Crippen LogP contribution in [0.25, 0.3) is 0 Å². The molecular weight excluding hydrogens is 637 g/mol. The summed E-state index contributed by atoms with van der Waals surface area (Å²) in [5.74, 6) is -4.72. The van der Waals surface area contributed by atoms with Crippen molar-refractivity contribution in [2.75, 3.05) is 13.1 Å². The second-order valence-electron chi connectivity index (χ2n) is 13.8. The van der Waals surface area contributed by atoms with Crippen molar-refractivity contribution in [3.05, 3.63) is 35.9 Å². The summed E-state index contributed by atoms with van der Waals surface area (Å²) < 4.78 is 4.11. The van der Waals surface area contributed by atoms with E-state index >= 15 is 0 Å². The molecule has 1 aliphatic carbocycles. The third-order valence-corrected chi connectivity index (χ3v) is 8.90. The Bertz CT molecular complexity index is 1330. The molecule has 46 heavy (non-hydrogen) atoms. The molecule has 2 aliphatic rings. The van der Waals surface area contributed by atoms with Crippen LogP contribution in [-0.2, 0) is 35.3 Å². The molecule has 2 unspecified atom stereocenters. The summed E-state index contributed by atoms with van der Waals surface area (Å²) in [7, 11) is 0. The number of benzene rings is 1. The molecule has 14 heteroatoms. The zero-order chi connectivity index (χ0) is 34.6. The van der Waals surface area contributed by atoms with Gasteiger partial charge < -0.3 is 30.9 Å². The van der Waals surface area contributed by atoms with Crippen LogP contribution in [0.5, 0.6) is 0 Å².